The highest BCUT2D eigenvalue weighted by atomic mass is 19.4. The van der Waals surface area contributed by atoms with E-state index in [4.69, 9.17) is 10.2 Å². The van der Waals surface area contributed by atoms with Crippen molar-refractivity contribution in [3.8, 4) is 0 Å². The van der Waals surface area contributed by atoms with Crippen LogP contribution in [0.25, 0.3) is 11.1 Å². The van der Waals surface area contributed by atoms with Gasteiger partial charge in [0.15, 0.2) is 5.58 Å². The number of alkyl halides is 3. The molecule has 0 aliphatic heterocycles. The number of aromatic nitrogens is 1. The van der Waals surface area contributed by atoms with Gasteiger partial charge in [0, 0.05) is 0 Å². The molecule has 0 saturated heterocycles. The lowest BCUT2D eigenvalue weighted by Gasteiger charge is -2.19. The van der Waals surface area contributed by atoms with Crippen LogP contribution in [0, 0.1) is 0 Å². The summed E-state index contributed by atoms with van der Waals surface area (Å²) in [7, 11) is 0. The molecule has 0 radical (unpaired) electrons. The average Bonchev–Trinajstić information content (AvgIpc) is 2.70. The maximum absolute atomic E-state index is 12.6. The van der Waals surface area contributed by atoms with Crippen LogP contribution in [0.15, 0.2) is 22.6 Å². The van der Waals surface area contributed by atoms with Crippen molar-refractivity contribution in [1.82, 2.24) is 4.98 Å². The van der Waals surface area contributed by atoms with E-state index in [9.17, 15) is 13.2 Å². The van der Waals surface area contributed by atoms with Crippen molar-refractivity contribution >= 4 is 11.1 Å². The Labute approximate surface area is 108 Å². The largest absolute Gasteiger partial charge is 0.439 e. The normalized spacial score (nSPS) is 15.7. The SMILES string of the molecule is CCCC(C)(N)c1nc2cc(C(F)(F)F)ccc2o1. The van der Waals surface area contributed by atoms with Gasteiger partial charge in [0.2, 0.25) is 5.89 Å². The minimum atomic E-state index is -4.39. The molecule has 104 valence electrons. The minimum absolute atomic E-state index is 0.178. The highest BCUT2D eigenvalue weighted by molar-refractivity contribution is 5.73. The van der Waals surface area contributed by atoms with Crippen molar-refractivity contribution in [2.75, 3.05) is 0 Å². The Morgan fingerprint density at radius 2 is 2.00 bits per heavy atom. The van der Waals surface area contributed by atoms with Gasteiger partial charge in [-0.2, -0.15) is 13.2 Å². The third kappa shape index (κ3) is 2.73. The lowest BCUT2D eigenvalue weighted by Crippen LogP contribution is -2.33. The molecule has 1 heterocycles. The van der Waals surface area contributed by atoms with Crippen LogP contribution in [0.2, 0.25) is 0 Å². The maximum Gasteiger partial charge on any atom is 0.416 e. The number of rotatable bonds is 3. The molecule has 6 heteroatoms. The lowest BCUT2D eigenvalue weighted by molar-refractivity contribution is -0.137. The molecule has 1 unspecified atom stereocenters. The summed E-state index contributed by atoms with van der Waals surface area (Å²) in [5.74, 6) is 0.267. The smallest absolute Gasteiger partial charge is 0.416 e. The summed E-state index contributed by atoms with van der Waals surface area (Å²) >= 11 is 0. The number of halogens is 3. The predicted molar refractivity (Wildman–Crippen MR) is 65.5 cm³/mol. The Hall–Kier alpha value is -1.56. The van der Waals surface area contributed by atoms with Crippen molar-refractivity contribution in [3.63, 3.8) is 0 Å². The first-order valence-corrected chi connectivity index (χ1v) is 6.01. The van der Waals surface area contributed by atoms with E-state index in [1.807, 2.05) is 6.92 Å². The van der Waals surface area contributed by atoms with Crippen LogP contribution in [0.4, 0.5) is 13.2 Å². The molecule has 0 bridgehead atoms. The number of hydrogen-bond donors (Lipinski definition) is 1. The van der Waals surface area contributed by atoms with Crippen molar-refractivity contribution < 1.29 is 17.6 Å². The van der Waals surface area contributed by atoms with E-state index in [1.54, 1.807) is 6.92 Å². The van der Waals surface area contributed by atoms with E-state index in [0.29, 0.717) is 12.0 Å². The number of hydrogen-bond acceptors (Lipinski definition) is 3. The van der Waals surface area contributed by atoms with Gasteiger partial charge in [-0.05, 0) is 31.5 Å². The van der Waals surface area contributed by atoms with Crippen LogP contribution in [0.5, 0.6) is 0 Å². The molecule has 1 atom stereocenters. The molecule has 3 nitrogen and oxygen atoms in total. The Morgan fingerprint density at radius 1 is 1.32 bits per heavy atom. The third-order valence-electron chi connectivity index (χ3n) is 2.97. The highest BCUT2D eigenvalue weighted by Crippen LogP contribution is 2.33. The van der Waals surface area contributed by atoms with Crippen LogP contribution < -0.4 is 5.73 Å². The fraction of sp³-hybridized carbons (Fsp3) is 0.462. The molecular formula is C13H15F3N2O. The summed E-state index contributed by atoms with van der Waals surface area (Å²) in [5, 5.41) is 0. The predicted octanol–water partition coefficient (Wildman–Crippen LogP) is 3.82. The van der Waals surface area contributed by atoms with Crippen LogP contribution in [-0.4, -0.2) is 4.98 Å². The maximum atomic E-state index is 12.6. The quantitative estimate of drug-likeness (QED) is 0.924. The Bertz CT molecular complexity index is 587. The Kier molecular flexibility index (Phi) is 3.30. The molecule has 2 rings (SSSR count). The molecule has 2 aromatic rings. The first-order chi connectivity index (χ1) is 8.74. The molecule has 0 aliphatic rings. The van der Waals surface area contributed by atoms with E-state index >= 15 is 0 Å². The third-order valence-corrected chi connectivity index (χ3v) is 2.97. The molecule has 0 spiro atoms. The minimum Gasteiger partial charge on any atom is -0.439 e. The molecule has 0 amide bonds. The van der Waals surface area contributed by atoms with Crippen LogP contribution in [0.3, 0.4) is 0 Å². The van der Waals surface area contributed by atoms with E-state index in [-0.39, 0.29) is 11.4 Å². The van der Waals surface area contributed by atoms with E-state index in [1.165, 1.54) is 6.07 Å². The number of benzene rings is 1. The molecule has 1 aromatic carbocycles. The summed E-state index contributed by atoms with van der Waals surface area (Å²) in [5.41, 5.74) is 5.04. The van der Waals surface area contributed by atoms with Gasteiger partial charge in [0.25, 0.3) is 0 Å². The van der Waals surface area contributed by atoms with Crippen molar-refractivity contribution in [2.45, 2.75) is 38.4 Å². The van der Waals surface area contributed by atoms with Gasteiger partial charge in [-0.25, -0.2) is 4.98 Å². The van der Waals surface area contributed by atoms with Gasteiger partial charge in [0.05, 0.1) is 11.1 Å². The molecule has 0 aliphatic carbocycles. The van der Waals surface area contributed by atoms with Gasteiger partial charge < -0.3 is 10.2 Å². The lowest BCUT2D eigenvalue weighted by atomic mass is 9.98. The van der Waals surface area contributed by atoms with Gasteiger partial charge in [0.1, 0.15) is 5.52 Å². The van der Waals surface area contributed by atoms with Gasteiger partial charge in [-0.3, -0.25) is 0 Å². The van der Waals surface area contributed by atoms with Crippen LogP contribution in [0.1, 0.15) is 38.1 Å². The zero-order valence-corrected chi connectivity index (χ0v) is 10.7. The van der Waals surface area contributed by atoms with Crippen molar-refractivity contribution in [3.05, 3.63) is 29.7 Å². The Morgan fingerprint density at radius 3 is 2.58 bits per heavy atom. The van der Waals surface area contributed by atoms with E-state index in [0.717, 1.165) is 18.6 Å². The molecule has 19 heavy (non-hydrogen) atoms. The summed E-state index contributed by atoms with van der Waals surface area (Å²) in [4.78, 5) is 4.09. The summed E-state index contributed by atoms with van der Waals surface area (Å²) in [6, 6.07) is 3.23. The highest BCUT2D eigenvalue weighted by Gasteiger charge is 2.32. The molecule has 0 fully saturated rings. The van der Waals surface area contributed by atoms with Gasteiger partial charge >= 0.3 is 6.18 Å². The van der Waals surface area contributed by atoms with Gasteiger partial charge in [-0.15, -0.1) is 0 Å². The topological polar surface area (TPSA) is 52.0 Å². The van der Waals surface area contributed by atoms with Crippen molar-refractivity contribution in [1.29, 1.82) is 0 Å². The molecule has 1 aromatic heterocycles. The summed E-state index contributed by atoms with van der Waals surface area (Å²) in [6.45, 7) is 3.72. The molecular weight excluding hydrogens is 257 g/mol. The first kappa shape index (κ1) is 13.9. The number of oxazole rings is 1. The molecule has 0 saturated carbocycles. The average molecular weight is 272 g/mol. The number of fused-ring (bicyclic) bond motifs is 1. The first-order valence-electron chi connectivity index (χ1n) is 6.01. The monoisotopic (exact) mass is 272 g/mol. The number of nitrogens with two attached hydrogens (primary N) is 1. The van der Waals surface area contributed by atoms with Gasteiger partial charge in [-0.1, -0.05) is 13.3 Å². The van der Waals surface area contributed by atoms with E-state index in [2.05, 4.69) is 4.98 Å². The van der Waals surface area contributed by atoms with E-state index < -0.39 is 17.3 Å². The zero-order chi connectivity index (χ0) is 14.3. The Balaban J connectivity index is 2.47. The fourth-order valence-corrected chi connectivity index (χ4v) is 1.97. The summed E-state index contributed by atoms with van der Waals surface area (Å²) in [6.07, 6.45) is -2.91. The standard InChI is InChI=1S/C13H15F3N2O/c1-3-6-12(2,17)11-18-9-7-8(13(14,15)16)4-5-10(9)19-11/h4-5,7H,3,6,17H2,1-2H3. The second kappa shape index (κ2) is 4.52. The van der Waals surface area contributed by atoms with Crippen LogP contribution in [-0.2, 0) is 11.7 Å². The van der Waals surface area contributed by atoms with Crippen molar-refractivity contribution in [2.24, 2.45) is 5.73 Å². The second-order valence-corrected chi connectivity index (χ2v) is 4.87. The number of nitrogens with zero attached hydrogens (tertiary/aromatic N) is 1. The van der Waals surface area contributed by atoms with Crippen LogP contribution >= 0.6 is 0 Å². The molecule has 2 N–H and O–H groups in total. The zero-order valence-electron chi connectivity index (χ0n) is 10.7. The summed E-state index contributed by atoms with van der Waals surface area (Å²) < 4.78 is 43.2. The fourth-order valence-electron chi connectivity index (χ4n) is 1.97. The second-order valence-electron chi connectivity index (χ2n) is 4.87.